The zero-order chi connectivity index (χ0) is 17.6. The number of nitro groups is 1. The third-order valence-corrected chi connectivity index (χ3v) is 2.98. The van der Waals surface area contributed by atoms with Crippen molar-refractivity contribution >= 4 is 23.6 Å². The second-order valence-corrected chi connectivity index (χ2v) is 4.71. The summed E-state index contributed by atoms with van der Waals surface area (Å²) in [6, 6.07) is 0.0250. The third kappa shape index (κ3) is 5.37. The SMILES string of the molecule is CC(=O)NCCN(C(=O)Cn1ccc([N+](=O)[O-])n1)C(C)C(=O)O. The van der Waals surface area contributed by atoms with Gasteiger partial charge in [-0.1, -0.05) is 0 Å². The molecule has 0 saturated heterocycles. The molecular weight excluding hydrogens is 310 g/mol. The van der Waals surface area contributed by atoms with Crippen molar-refractivity contribution in [2.24, 2.45) is 0 Å². The second kappa shape index (κ2) is 7.87. The second-order valence-electron chi connectivity index (χ2n) is 4.71. The zero-order valence-corrected chi connectivity index (χ0v) is 12.6. The number of aliphatic carboxylic acids is 1. The summed E-state index contributed by atoms with van der Waals surface area (Å²) >= 11 is 0. The van der Waals surface area contributed by atoms with Crippen LogP contribution in [-0.2, 0) is 20.9 Å². The number of carboxylic acids is 1. The topological polar surface area (TPSA) is 148 Å². The Morgan fingerprint density at radius 1 is 1.52 bits per heavy atom. The van der Waals surface area contributed by atoms with Crippen molar-refractivity contribution in [2.75, 3.05) is 13.1 Å². The molecule has 0 bridgehead atoms. The number of nitrogens with zero attached hydrogens (tertiary/aromatic N) is 4. The van der Waals surface area contributed by atoms with E-state index in [1.54, 1.807) is 0 Å². The van der Waals surface area contributed by atoms with E-state index in [0.29, 0.717) is 0 Å². The lowest BCUT2D eigenvalue weighted by molar-refractivity contribution is -0.389. The van der Waals surface area contributed by atoms with Gasteiger partial charge in [-0.2, -0.15) is 4.68 Å². The van der Waals surface area contributed by atoms with Crippen LogP contribution in [0.5, 0.6) is 0 Å². The van der Waals surface area contributed by atoms with Crippen LogP contribution in [0.15, 0.2) is 12.3 Å². The lowest BCUT2D eigenvalue weighted by Gasteiger charge is -2.26. The average molecular weight is 327 g/mol. The molecule has 0 radical (unpaired) electrons. The highest BCUT2D eigenvalue weighted by Crippen LogP contribution is 2.07. The first-order chi connectivity index (χ1) is 10.7. The summed E-state index contributed by atoms with van der Waals surface area (Å²) in [5.74, 6) is -2.49. The van der Waals surface area contributed by atoms with Crippen LogP contribution >= 0.6 is 0 Å². The van der Waals surface area contributed by atoms with Gasteiger partial charge in [0.2, 0.25) is 11.8 Å². The van der Waals surface area contributed by atoms with Crippen LogP contribution in [0.1, 0.15) is 13.8 Å². The van der Waals surface area contributed by atoms with Gasteiger partial charge in [-0.25, -0.2) is 4.79 Å². The van der Waals surface area contributed by atoms with E-state index in [4.69, 9.17) is 5.11 Å². The Kier molecular flexibility index (Phi) is 6.18. The molecule has 1 aromatic rings. The van der Waals surface area contributed by atoms with Gasteiger partial charge < -0.3 is 25.4 Å². The largest absolute Gasteiger partial charge is 0.480 e. The molecule has 1 aromatic heterocycles. The Morgan fingerprint density at radius 3 is 2.65 bits per heavy atom. The fraction of sp³-hybridized carbons (Fsp3) is 0.500. The monoisotopic (exact) mass is 327 g/mol. The number of carbonyl (C=O) groups is 3. The smallest absolute Gasteiger partial charge is 0.389 e. The van der Waals surface area contributed by atoms with E-state index in [-0.39, 0.29) is 25.5 Å². The Bertz CT molecular complexity index is 613. The van der Waals surface area contributed by atoms with E-state index in [2.05, 4.69) is 10.4 Å². The van der Waals surface area contributed by atoms with Crippen LogP contribution in [0.25, 0.3) is 0 Å². The van der Waals surface area contributed by atoms with E-state index < -0.39 is 28.7 Å². The number of nitrogens with one attached hydrogen (secondary N) is 1. The van der Waals surface area contributed by atoms with Gasteiger partial charge in [0.15, 0.2) is 0 Å². The van der Waals surface area contributed by atoms with E-state index >= 15 is 0 Å². The van der Waals surface area contributed by atoms with Gasteiger partial charge >= 0.3 is 11.8 Å². The summed E-state index contributed by atoms with van der Waals surface area (Å²) in [6.07, 6.45) is 1.26. The van der Waals surface area contributed by atoms with Crippen molar-refractivity contribution in [2.45, 2.75) is 26.4 Å². The highest BCUT2D eigenvalue weighted by atomic mass is 16.6. The van der Waals surface area contributed by atoms with E-state index in [1.807, 2.05) is 0 Å². The molecule has 11 nitrogen and oxygen atoms in total. The zero-order valence-electron chi connectivity index (χ0n) is 12.6. The first kappa shape index (κ1) is 18.1. The van der Waals surface area contributed by atoms with Gasteiger partial charge in [0, 0.05) is 20.0 Å². The lowest BCUT2D eigenvalue weighted by atomic mass is 10.2. The standard InChI is InChI=1S/C12H17N5O6/c1-8(12(20)21)16(6-4-13-9(2)18)11(19)7-15-5-3-10(14-15)17(22)23/h3,5,8H,4,6-7H2,1-2H3,(H,13,18)(H,20,21). The Balaban J connectivity index is 2.78. The van der Waals surface area contributed by atoms with Crippen LogP contribution in [-0.4, -0.2) is 61.6 Å². The number of aromatic nitrogens is 2. The van der Waals surface area contributed by atoms with Gasteiger partial charge in [0.05, 0.1) is 17.4 Å². The maximum Gasteiger partial charge on any atom is 0.389 e. The molecular formula is C12H17N5O6. The Labute approximate surface area is 131 Å². The molecule has 1 atom stereocenters. The first-order valence-corrected chi connectivity index (χ1v) is 6.67. The third-order valence-electron chi connectivity index (χ3n) is 2.98. The number of amides is 2. The Hall–Kier alpha value is -2.98. The van der Waals surface area contributed by atoms with Crippen LogP contribution in [0.2, 0.25) is 0 Å². The summed E-state index contributed by atoms with van der Waals surface area (Å²) in [5, 5.41) is 25.7. The number of hydrogen-bond acceptors (Lipinski definition) is 6. The summed E-state index contributed by atoms with van der Waals surface area (Å²) in [6.45, 7) is 2.38. The molecule has 0 aliphatic carbocycles. The maximum absolute atomic E-state index is 12.2. The predicted octanol–water partition coefficient (Wildman–Crippen LogP) is -0.771. The molecule has 0 spiro atoms. The molecule has 1 heterocycles. The van der Waals surface area contributed by atoms with Crippen molar-refractivity contribution in [1.29, 1.82) is 0 Å². The highest BCUT2D eigenvalue weighted by molar-refractivity contribution is 5.83. The van der Waals surface area contributed by atoms with E-state index in [9.17, 15) is 24.5 Å². The molecule has 0 aromatic carbocycles. The molecule has 0 fully saturated rings. The average Bonchev–Trinajstić information content (AvgIpc) is 2.91. The van der Waals surface area contributed by atoms with Crippen molar-refractivity contribution < 1.29 is 24.4 Å². The molecule has 23 heavy (non-hydrogen) atoms. The van der Waals surface area contributed by atoms with Gasteiger partial charge in [0.25, 0.3) is 0 Å². The predicted molar refractivity (Wildman–Crippen MR) is 76.4 cm³/mol. The molecule has 2 N–H and O–H groups in total. The van der Waals surface area contributed by atoms with Crippen molar-refractivity contribution in [3.8, 4) is 0 Å². The molecule has 0 aliphatic rings. The van der Waals surface area contributed by atoms with E-state index in [1.165, 1.54) is 20.0 Å². The molecule has 0 saturated carbocycles. The fourth-order valence-corrected chi connectivity index (χ4v) is 1.79. The van der Waals surface area contributed by atoms with Crippen LogP contribution in [0.4, 0.5) is 5.82 Å². The quantitative estimate of drug-likeness (QED) is 0.470. The molecule has 1 unspecified atom stereocenters. The Morgan fingerprint density at radius 2 is 2.17 bits per heavy atom. The summed E-state index contributed by atoms with van der Waals surface area (Å²) < 4.78 is 1.06. The lowest BCUT2D eigenvalue weighted by Crippen LogP contribution is -2.47. The minimum atomic E-state index is -1.20. The number of carbonyl (C=O) groups excluding carboxylic acids is 2. The minimum Gasteiger partial charge on any atom is -0.480 e. The van der Waals surface area contributed by atoms with Gasteiger partial charge in [-0.05, 0) is 11.8 Å². The summed E-state index contributed by atoms with van der Waals surface area (Å²) in [4.78, 5) is 45.1. The molecule has 0 aliphatic heterocycles. The highest BCUT2D eigenvalue weighted by Gasteiger charge is 2.26. The fourth-order valence-electron chi connectivity index (χ4n) is 1.79. The number of rotatable bonds is 8. The van der Waals surface area contributed by atoms with Crippen molar-refractivity contribution in [3.05, 3.63) is 22.4 Å². The van der Waals surface area contributed by atoms with Gasteiger partial charge in [0.1, 0.15) is 12.6 Å². The van der Waals surface area contributed by atoms with Gasteiger partial charge in [-0.3, -0.25) is 9.59 Å². The first-order valence-electron chi connectivity index (χ1n) is 6.67. The summed E-state index contributed by atoms with van der Waals surface area (Å²) in [5.41, 5.74) is 0. The molecule has 2 amide bonds. The number of hydrogen-bond donors (Lipinski definition) is 2. The normalized spacial score (nSPS) is 11.6. The molecule has 11 heteroatoms. The van der Waals surface area contributed by atoms with Gasteiger partial charge in [-0.15, -0.1) is 0 Å². The summed E-state index contributed by atoms with van der Waals surface area (Å²) in [7, 11) is 0. The minimum absolute atomic E-state index is 0.00472. The number of carboxylic acid groups (broad SMARTS) is 1. The van der Waals surface area contributed by atoms with E-state index in [0.717, 1.165) is 15.6 Å². The maximum atomic E-state index is 12.2. The molecule has 1 rings (SSSR count). The molecule has 126 valence electrons. The van der Waals surface area contributed by atoms with Crippen molar-refractivity contribution in [3.63, 3.8) is 0 Å². The van der Waals surface area contributed by atoms with Crippen LogP contribution < -0.4 is 5.32 Å². The van der Waals surface area contributed by atoms with Crippen LogP contribution in [0, 0.1) is 10.1 Å². The van der Waals surface area contributed by atoms with Crippen molar-refractivity contribution in [1.82, 2.24) is 20.0 Å². The van der Waals surface area contributed by atoms with Crippen LogP contribution in [0.3, 0.4) is 0 Å².